The van der Waals surface area contributed by atoms with Crippen molar-refractivity contribution in [2.24, 2.45) is 0 Å². The van der Waals surface area contributed by atoms with Crippen molar-refractivity contribution in [2.45, 2.75) is 32.6 Å². The number of hydrogen-bond donors (Lipinski definition) is 0. The smallest absolute Gasteiger partial charge is 0.260 e. The number of unbranched alkanes of at least 4 members (excludes halogenated alkanes) is 2. The molecule has 0 saturated carbocycles. The summed E-state index contributed by atoms with van der Waals surface area (Å²) in [6.07, 6.45) is 4.20. The molecule has 35 heavy (non-hydrogen) atoms. The maximum absolute atomic E-state index is 13.6. The van der Waals surface area contributed by atoms with Crippen molar-refractivity contribution >= 4 is 45.0 Å². The number of rotatable bonds is 11. The number of carbonyl (C=O) groups is 1. The highest BCUT2D eigenvalue weighted by atomic mass is 35.5. The van der Waals surface area contributed by atoms with E-state index in [1.165, 1.54) is 11.3 Å². The van der Waals surface area contributed by atoms with Crippen LogP contribution >= 0.6 is 23.7 Å². The molecule has 0 spiro atoms. The first-order valence-corrected chi connectivity index (χ1v) is 12.8. The molecule has 1 aromatic heterocycles. The Kier molecular flexibility index (Phi) is 10.0. The van der Waals surface area contributed by atoms with E-state index >= 15 is 0 Å². The van der Waals surface area contributed by atoms with Gasteiger partial charge in [0.05, 0.1) is 16.8 Å². The predicted molar refractivity (Wildman–Crippen MR) is 144 cm³/mol. The molecule has 0 atom stereocenters. The lowest BCUT2D eigenvalue weighted by Crippen LogP contribution is -2.33. The first-order valence-electron chi connectivity index (χ1n) is 11.9. The Morgan fingerprint density at radius 1 is 1.03 bits per heavy atom. The zero-order valence-electron chi connectivity index (χ0n) is 20.6. The van der Waals surface area contributed by atoms with E-state index in [2.05, 4.69) is 11.8 Å². The van der Waals surface area contributed by atoms with Crippen molar-refractivity contribution in [2.75, 3.05) is 51.9 Å². The van der Waals surface area contributed by atoms with Crippen LogP contribution < -0.4 is 19.1 Å². The van der Waals surface area contributed by atoms with Gasteiger partial charge in [-0.3, -0.25) is 9.69 Å². The molecule has 0 unspecified atom stereocenters. The molecule has 0 fully saturated rings. The van der Waals surface area contributed by atoms with Gasteiger partial charge in [-0.15, -0.1) is 12.4 Å². The standard InChI is InChI=1S/C26H33N3O4S.ClH/c1-4-5-6-14-31-20-10-8-19(9-11-20)25(30)29(13-7-12-28(2)3)26-27-21-17-22-23(18-24(21)34-26)33-16-15-32-22;/h8-11,17-18H,4-7,12-16H2,1-3H3;1H. The number of halogens is 1. The first kappa shape index (κ1) is 27.0. The minimum atomic E-state index is -0.0624. The van der Waals surface area contributed by atoms with Gasteiger partial charge in [-0.25, -0.2) is 4.98 Å². The number of ether oxygens (including phenoxy) is 3. The fourth-order valence-corrected chi connectivity index (χ4v) is 4.79. The molecule has 4 rings (SSSR count). The normalized spacial score (nSPS) is 12.5. The van der Waals surface area contributed by atoms with Crippen LogP contribution in [0.15, 0.2) is 36.4 Å². The SMILES string of the molecule is CCCCCOc1ccc(C(=O)N(CCCN(C)C)c2nc3cc4c(cc3s2)OCCO4)cc1.Cl. The van der Waals surface area contributed by atoms with Gasteiger partial charge in [0, 0.05) is 24.2 Å². The van der Waals surface area contributed by atoms with Gasteiger partial charge in [-0.05, 0) is 57.7 Å². The highest BCUT2D eigenvalue weighted by Gasteiger charge is 2.23. The van der Waals surface area contributed by atoms with Crippen molar-refractivity contribution < 1.29 is 19.0 Å². The third-order valence-corrected chi connectivity index (χ3v) is 6.66. The number of fused-ring (bicyclic) bond motifs is 2. The third kappa shape index (κ3) is 6.99. The number of benzene rings is 2. The molecule has 9 heteroatoms. The largest absolute Gasteiger partial charge is 0.494 e. The van der Waals surface area contributed by atoms with E-state index < -0.39 is 0 Å². The topological polar surface area (TPSA) is 64.1 Å². The van der Waals surface area contributed by atoms with Crippen LogP contribution in [-0.2, 0) is 0 Å². The summed E-state index contributed by atoms with van der Waals surface area (Å²) in [5, 5.41) is 0.681. The van der Waals surface area contributed by atoms with Gasteiger partial charge in [-0.2, -0.15) is 0 Å². The van der Waals surface area contributed by atoms with E-state index in [1.807, 2.05) is 50.5 Å². The number of carbonyl (C=O) groups excluding carboxylic acids is 1. The van der Waals surface area contributed by atoms with Gasteiger partial charge in [0.2, 0.25) is 0 Å². The van der Waals surface area contributed by atoms with Crippen LogP contribution in [0.2, 0.25) is 0 Å². The van der Waals surface area contributed by atoms with Crippen molar-refractivity contribution in [3.8, 4) is 17.2 Å². The van der Waals surface area contributed by atoms with E-state index in [0.29, 0.717) is 42.8 Å². The summed E-state index contributed by atoms with van der Waals surface area (Å²) in [5.41, 5.74) is 1.43. The summed E-state index contributed by atoms with van der Waals surface area (Å²) in [5.74, 6) is 2.16. The molecular formula is C26H34ClN3O4S. The van der Waals surface area contributed by atoms with Crippen molar-refractivity contribution in [3.63, 3.8) is 0 Å². The monoisotopic (exact) mass is 519 g/mol. The van der Waals surface area contributed by atoms with Crippen molar-refractivity contribution in [1.82, 2.24) is 9.88 Å². The fourth-order valence-electron chi connectivity index (χ4n) is 3.79. The molecule has 1 aliphatic heterocycles. The molecule has 2 aromatic carbocycles. The zero-order valence-corrected chi connectivity index (χ0v) is 22.3. The summed E-state index contributed by atoms with van der Waals surface area (Å²) < 4.78 is 18.2. The Morgan fingerprint density at radius 3 is 2.43 bits per heavy atom. The quantitative estimate of drug-likeness (QED) is 0.305. The van der Waals surface area contributed by atoms with Crippen molar-refractivity contribution in [3.05, 3.63) is 42.0 Å². The molecule has 0 saturated heterocycles. The summed E-state index contributed by atoms with van der Waals surface area (Å²) >= 11 is 1.50. The summed E-state index contributed by atoms with van der Waals surface area (Å²) in [7, 11) is 4.07. The third-order valence-electron chi connectivity index (χ3n) is 5.62. The maximum atomic E-state index is 13.6. The minimum Gasteiger partial charge on any atom is -0.494 e. The predicted octanol–water partition coefficient (Wildman–Crippen LogP) is 5.66. The average molecular weight is 520 g/mol. The second-order valence-electron chi connectivity index (χ2n) is 8.65. The molecule has 0 N–H and O–H groups in total. The van der Waals surface area contributed by atoms with Crippen molar-refractivity contribution in [1.29, 1.82) is 0 Å². The molecule has 7 nitrogen and oxygen atoms in total. The molecule has 2 heterocycles. The van der Waals surface area contributed by atoms with Crippen LogP contribution in [0.1, 0.15) is 43.0 Å². The van der Waals surface area contributed by atoms with E-state index in [-0.39, 0.29) is 18.3 Å². The minimum absolute atomic E-state index is 0. The van der Waals surface area contributed by atoms with Crippen LogP contribution in [0, 0.1) is 0 Å². The second-order valence-corrected chi connectivity index (χ2v) is 9.66. The molecule has 3 aromatic rings. The van der Waals surface area contributed by atoms with Crippen LogP contribution in [0.5, 0.6) is 17.2 Å². The zero-order chi connectivity index (χ0) is 23.9. The molecule has 190 valence electrons. The Labute approximate surface area is 217 Å². The lowest BCUT2D eigenvalue weighted by molar-refractivity contribution is 0.0986. The Bertz CT molecular complexity index is 1060. The number of thiazole rings is 1. The van der Waals surface area contributed by atoms with Gasteiger partial charge in [0.1, 0.15) is 19.0 Å². The molecule has 1 aliphatic rings. The Hall–Kier alpha value is -2.55. The molecule has 0 radical (unpaired) electrons. The van der Waals surface area contributed by atoms with Crippen LogP contribution in [0.4, 0.5) is 5.13 Å². The molecule has 0 bridgehead atoms. The molecule has 1 amide bonds. The van der Waals surface area contributed by atoms with Crippen LogP contribution in [0.25, 0.3) is 10.2 Å². The number of amides is 1. The van der Waals surface area contributed by atoms with Gasteiger partial charge in [-0.1, -0.05) is 31.1 Å². The maximum Gasteiger partial charge on any atom is 0.260 e. The lowest BCUT2D eigenvalue weighted by Gasteiger charge is -2.21. The van der Waals surface area contributed by atoms with E-state index in [9.17, 15) is 4.79 Å². The van der Waals surface area contributed by atoms with Gasteiger partial charge >= 0.3 is 0 Å². The number of nitrogens with zero attached hydrogens (tertiary/aromatic N) is 3. The van der Waals surface area contributed by atoms with Crippen LogP contribution in [0.3, 0.4) is 0 Å². The van der Waals surface area contributed by atoms with Crippen LogP contribution in [-0.4, -0.2) is 62.8 Å². The molecular weight excluding hydrogens is 486 g/mol. The van der Waals surface area contributed by atoms with Gasteiger partial charge < -0.3 is 19.1 Å². The summed E-state index contributed by atoms with van der Waals surface area (Å²) in [6.45, 7) is 5.40. The number of aromatic nitrogens is 1. The van der Waals surface area contributed by atoms with Gasteiger partial charge in [0.25, 0.3) is 5.91 Å². The van der Waals surface area contributed by atoms with E-state index in [1.54, 1.807) is 4.90 Å². The number of anilines is 1. The lowest BCUT2D eigenvalue weighted by atomic mass is 10.2. The summed E-state index contributed by atoms with van der Waals surface area (Å²) in [6, 6.07) is 11.3. The van der Waals surface area contributed by atoms with E-state index in [0.717, 1.165) is 53.9 Å². The Balaban J connectivity index is 0.00000342. The number of hydrogen-bond acceptors (Lipinski definition) is 7. The summed E-state index contributed by atoms with van der Waals surface area (Å²) in [4.78, 5) is 22.2. The molecule has 0 aliphatic carbocycles. The average Bonchev–Trinajstić information content (AvgIpc) is 3.25. The first-order chi connectivity index (χ1) is 16.5. The fraction of sp³-hybridized carbons (Fsp3) is 0.462. The second kappa shape index (κ2) is 13.0. The van der Waals surface area contributed by atoms with Gasteiger partial charge in [0.15, 0.2) is 16.6 Å². The highest BCUT2D eigenvalue weighted by Crippen LogP contribution is 2.39. The Morgan fingerprint density at radius 2 is 1.74 bits per heavy atom. The highest BCUT2D eigenvalue weighted by molar-refractivity contribution is 7.22. The van der Waals surface area contributed by atoms with E-state index in [4.69, 9.17) is 19.2 Å².